The van der Waals surface area contributed by atoms with Gasteiger partial charge in [0.2, 0.25) is 0 Å². The molecule has 0 aliphatic carbocycles. The summed E-state index contributed by atoms with van der Waals surface area (Å²) in [5, 5.41) is 9.37. The average Bonchev–Trinajstić information content (AvgIpc) is 2.43. The number of carbonyl (C=O) groups is 2. The Bertz CT molecular complexity index is 347. The normalized spacial score (nSPS) is 18.1. The Morgan fingerprint density at radius 1 is 1.25 bits per heavy atom. The molecule has 0 saturated carbocycles. The van der Waals surface area contributed by atoms with E-state index in [1.807, 2.05) is 23.6 Å². The molecular weight excluding hydrogens is 256 g/mol. The number of carboxylic acids is 1. The van der Waals surface area contributed by atoms with E-state index >= 15 is 0 Å². The van der Waals surface area contributed by atoms with Crippen molar-refractivity contribution in [3.05, 3.63) is 0 Å². The molecule has 1 rings (SSSR count). The van der Waals surface area contributed by atoms with Crippen LogP contribution in [0.15, 0.2) is 0 Å². The number of aliphatic carboxylic acids is 1. The number of piperidine rings is 1. The molecule has 2 amide bonds. The number of carboxylic acid groups (broad SMARTS) is 1. The highest BCUT2D eigenvalue weighted by Gasteiger charge is 2.41. The molecule has 0 aromatic rings. The molecule has 0 aromatic carbocycles. The van der Waals surface area contributed by atoms with E-state index < -0.39 is 11.4 Å². The van der Waals surface area contributed by atoms with Crippen LogP contribution in [0.1, 0.15) is 47.0 Å². The molecule has 5 heteroatoms. The molecule has 0 aromatic heterocycles. The van der Waals surface area contributed by atoms with Crippen LogP contribution in [-0.4, -0.2) is 53.1 Å². The van der Waals surface area contributed by atoms with Gasteiger partial charge in [-0.3, -0.25) is 4.79 Å². The molecule has 20 heavy (non-hydrogen) atoms. The third kappa shape index (κ3) is 3.64. The fourth-order valence-electron chi connectivity index (χ4n) is 2.83. The lowest BCUT2D eigenvalue weighted by Crippen LogP contribution is -2.51. The zero-order valence-electron chi connectivity index (χ0n) is 13.2. The molecule has 0 bridgehead atoms. The molecule has 1 fully saturated rings. The summed E-state index contributed by atoms with van der Waals surface area (Å²) in [5.41, 5.74) is -0.633. The van der Waals surface area contributed by atoms with Crippen LogP contribution in [0.4, 0.5) is 4.79 Å². The van der Waals surface area contributed by atoms with Gasteiger partial charge in [-0.25, -0.2) is 4.79 Å². The van der Waals surface area contributed by atoms with Crippen molar-refractivity contribution in [3.63, 3.8) is 0 Å². The summed E-state index contributed by atoms with van der Waals surface area (Å²) in [6.07, 6.45) is 1.75. The number of urea groups is 1. The molecule has 5 nitrogen and oxygen atoms in total. The Morgan fingerprint density at radius 3 is 2.15 bits per heavy atom. The maximum Gasteiger partial charge on any atom is 0.319 e. The highest BCUT2D eigenvalue weighted by Crippen LogP contribution is 2.35. The zero-order chi connectivity index (χ0) is 15.3. The maximum atomic E-state index is 12.4. The van der Waals surface area contributed by atoms with Gasteiger partial charge in [0.05, 0.1) is 5.41 Å². The Hall–Kier alpha value is -1.26. The van der Waals surface area contributed by atoms with Crippen LogP contribution in [-0.2, 0) is 4.79 Å². The molecule has 1 saturated heterocycles. The first kappa shape index (κ1) is 16.8. The van der Waals surface area contributed by atoms with Crippen LogP contribution in [0.2, 0.25) is 0 Å². The van der Waals surface area contributed by atoms with Crippen molar-refractivity contribution in [1.29, 1.82) is 0 Å². The fourth-order valence-corrected chi connectivity index (χ4v) is 2.83. The summed E-state index contributed by atoms with van der Waals surface area (Å²) in [5.74, 6) is -0.279. The van der Waals surface area contributed by atoms with Gasteiger partial charge in [-0.15, -0.1) is 0 Å². The van der Waals surface area contributed by atoms with Crippen LogP contribution < -0.4 is 0 Å². The lowest BCUT2D eigenvalue weighted by atomic mass is 9.76. The summed E-state index contributed by atoms with van der Waals surface area (Å²) >= 11 is 0. The van der Waals surface area contributed by atoms with Gasteiger partial charge in [-0.2, -0.15) is 0 Å². The summed E-state index contributed by atoms with van der Waals surface area (Å²) in [6.45, 7) is 10.6. The second kappa shape index (κ2) is 6.95. The van der Waals surface area contributed by atoms with Crippen LogP contribution >= 0.6 is 0 Å². The molecule has 0 atom stereocenters. The smallest absolute Gasteiger partial charge is 0.319 e. The number of hydrogen-bond acceptors (Lipinski definition) is 2. The molecular formula is C15H28N2O3. The molecule has 0 radical (unpaired) electrons. The fraction of sp³-hybridized carbons (Fsp3) is 0.867. The van der Waals surface area contributed by atoms with Crippen molar-refractivity contribution in [1.82, 2.24) is 9.80 Å². The predicted molar refractivity (Wildman–Crippen MR) is 78.6 cm³/mol. The number of amides is 2. The van der Waals surface area contributed by atoms with Gasteiger partial charge >= 0.3 is 12.0 Å². The third-order valence-electron chi connectivity index (χ3n) is 4.36. The standard InChI is InChI=1S/C15H28N2O3/c1-5-15(13(18)19)7-9-17(10-8-15)14(20)16(6-2)11-12(3)4/h12H,5-11H2,1-4H3,(H,18,19). The quantitative estimate of drug-likeness (QED) is 0.844. The molecule has 0 spiro atoms. The summed E-state index contributed by atoms with van der Waals surface area (Å²) in [7, 11) is 0. The zero-order valence-corrected chi connectivity index (χ0v) is 13.2. The number of carbonyl (C=O) groups excluding carboxylic acids is 1. The van der Waals surface area contributed by atoms with E-state index in [4.69, 9.17) is 0 Å². The Labute approximate surface area is 121 Å². The molecule has 0 unspecified atom stereocenters. The van der Waals surface area contributed by atoms with E-state index in [1.54, 1.807) is 0 Å². The second-order valence-electron chi connectivity index (χ2n) is 6.14. The molecule has 1 aliphatic rings. The minimum absolute atomic E-state index is 0.0521. The van der Waals surface area contributed by atoms with Crippen molar-refractivity contribution in [2.45, 2.75) is 47.0 Å². The monoisotopic (exact) mass is 284 g/mol. The van der Waals surface area contributed by atoms with Crippen molar-refractivity contribution < 1.29 is 14.7 Å². The lowest BCUT2D eigenvalue weighted by Gasteiger charge is -2.40. The minimum Gasteiger partial charge on any atom is -0.481 e. The first-order valence-electron chi connectivity index (χ1n) is 7.63. The highest BCUT2D eigenvalue weighted by atomic mass is 16.4. The number of nitrogens with zero attached hydrogens (tertiary/aromatic N) is 2. The van der Waals surface area contributed by atoms with Crippen LogP contribution in [0.25, 0.3) is 0 Å². The number of likely N-dealkylation sites (tertiary alicyclic amines) is 1. The Kier molecular flexibility index (Phi) is 5.84. The van der Waals surface area contributed by atoms with Gasteiger partial charge in [0.15, 0.2) is 0 Å². The van der Waals surface area contributed by atoms with Gasteiger partial charge in [0.1, 0.15) is 0 Å². The van der Waals surface area contributed by atoms with Gasteiger partial charge < -0.3 is 14.9 Å². The van der Waals surface area contributed by atoms with E-state index in [0.29, 0.717) is 44.8 Å². The number of rotatable bonds is 5. The lowest BCUT2D eigenvalue weighted by molar-refractivity contribution is -0.152. The molecule has 1 N–H and O–H groups in total. The van der Waals surface area contributed by atoms with E-state index in [2.05, 4.69) is 13.8 Å². The first-order chi connectivity index (χ1) is 9.36. The van der Waals surface area contributed by atoms with Crippen LogP contribution in [0.5, 0.6) is 0 Å². The van der Waals surface area contributed by atoms with E-state index in [0.717, 1.165) is 6.54 Å². The Balaban J connectivity index is 2.64. The van der Waals surface area contributed by atoms with Crippen molar-refractivity contribution in [2.24, 2.45) is 11.3 Å². The van der Waals surface area contributed by atoms with Gasteiger partial charge in [0.25, 0.3) is 0 Å². The summed E-state index contributed by atoms with van der Waals surface area (Å²) in [4.78, 5) is 27.5. The second-order valence-corrected chi connectivity index (χ2v) is 6.14. The minimum atomic E-state index is -0.721. The topological polar surface area (TPSA) is 60.9 Å². The van der Waals surface area contributed by atoms with Crippen molar-refractivity contribution >= 4 is 12.0 Å². The largest absolute Gasteiger partial charge is 0.481 e. The third-order valence-corrected chi connectivity index (χ3v) is 4.36. The van der Waals surface area contributed by atoms with Crippen LogP contribution in [0, 0.1) is 11.3 Å². The average molecular weight is 284 g/mol. The molecule has 1 heterocycles. The van der Waals surface area contributed by atoms with E-state index in [-0.39, 0.29) is 6.03 Å². The van der Waals surface area contributed by atoms with Crippen molar-refractivity contribution in [2.75, 3.05) is 26.2 Å². The van der Waals surface area contributed by atoms with Crippen molar-refractivity contribution in [3.8, 4) is 0 Å². The first-order valence-corrected chi connectivity index (χ1v) is 7.63. The predicted octanol–water partition coefficient (Wildman–Crippen LogP) is 2.66. The molecule has 116 valence electrons. The molecule has 1 aliphatic heterocycles. The summed E-state index contributed by atoms with van der Waals surface area (Å²) < 4.78 is 0. The summed E-state index contributed by atoms with van der Waals surface area (Å²) in [6, 6.07) is 0.0521. The van der Waals surface area contributed by atoms with Gasteiger partial charge in [-0.05, 0) is 32.1 Å². The van der Waals surface area contributed by atoms with Crippen LogP contribution in [0.3, 0.4) is 0 Å². The van der Waals surface area contributed by atoms with E-state index in [1.165, 1.54) is 0 Å². The highest BCUT2D eigenvalue weighted by molar-refractivity contribution is 5.77. The Morgan fingerprint density at radius 2 is 1.80 bits per heavy atom. The van der Waals surface area contributed by atoms with Gasteiger partial charge in [0, 0.05) is 26.2 Å². The van der Waals surface area contributed by atoms with Gasteiger partial charge in [-0.1, -0.05) is 20.8 Å². The number of hydrogen-bond donors (Lipinski definition) is 1. The maximum absolute atomic E-state index is 12.4. The van der Waals surface area contributed by atoms with E-state index in [9.17, 15) is 14.7 Å². The SMILES string of the molecule is CCN(CC(C)C)C(=O)N1CCC(CC)(C(=O)O)CC1.